The quantitative estimate of drug-likeness (QED) is 0.263. The number of hydrogen-bond donors (Lipinski definition) is 0. The van der Waals surface area contributed by atoms with Crippen molar-refractivity contribution in [1.82, 2.24) is 4.57 Å². The van der Waals surface area contributed by atoms with Crippen LogP contribution in [0.3, 0.4) is 0 Å². The summed E-state index contributed by atoms with van der Waals surface area (Å²) in [5.74, 6) is 2.12. The zero-order chi connectivity index (χ0) is 32.1. The molecule has 10 heteroatoms. The van der Waals surface area contributed by atoms with Gasteiger partial charge in [0.2, 0.25) is 6.23 Å². The van der Waals surface area contributed by atoms with Crippen LogP contribution in [0, 0.1) is 0 Å². The van der Waals surface area contributed by atoms with E-state index < -0.39 is 42.9 Å². The van der Waals surface area contributed by atoms with Crippen molar-refractivity contribution in [3.05, 3.63) is 66.2 Å². The first kappa shape index (κ1) is 30.2. The largest absolute Gasteiger partial charge is 0.497 e. The highest BCUT2D eigenvalue weighted by atomic mass is 16.7. The average Bonchev–Trinajstić information content (AvgIpc) is 3.55. The molecule has 2 saturated heterocycles. The second kappa shape index (κ2) is 10.0. The van der Waals surface area contributed by atoms with Gasteiger partial charge in [-0.2, -0.15) is 0 Å². The van der Waals surface area contributed by atoms with Crippen LogP contribution < -0.4 is 25.1 Å². The minimum absolute atomic E-state index is 0.426. The molecule has 4 heterocycles. The highest BCUT2D eigenvalue weighted by molar-refractivity contribution is 6.62. The Bertz CT molecular complexity index is 1760. The lowest BCUT2D eigenvalue weighted by molar-refractivity contribution is 0.00578. The summed E-state index contributed by atoms with van der Waals surface area (Å²) in [6, 6.07) is 20.6. The zero-order valence-electron chi connectivity index (χ0n) is 27.8. The summed E-state index contributed by atoms with van der Waals surface area (Å²) in [4.78, 5) is 0. The smallest absolute Gasteiger partial charge is 0.494 e. The van der Waals surface area contributed by atoms with Crippen molar-refractivity contribution in [2.24, 2.45) is 0 Å². The summed E-state index contributed by atoms with van der Waals surface area (Å²) >= 11 is 0. The number of aromatic nitrogens is 1. The van der Waals surface area contributed by atoms with Gasteiger partial charge >= 0.3 is 14.2 Å². The van der Waals surface area contributed by atoms with Gasteiger partial charge in [-0.1, -0.05) is 18.2 Å². The van der Waals surface area contributed by atoms with Crippen LogP contribution in [-0.4, -0.2) is 55.4 Å². The molecular formula is C35H41B2NO7. The number of nitrogens with zero attached hydrogens (tertiary/aromatic N) is 1. The zero-order valence-corrected chi connectivity index (χ0v) is 27.8. The third-order valence-electron chi connectivity index (χ3n) is 10.3. The Labute approximate surface area is 266 Å². The molecule has 0 radical (unpaired) electrons. The van der Waals surface area contributed by atoms with Crippen molar-refractivity contribution in [3.63, 3.8) is 0 Å². The van der Waals surface area contributed by atoms with Crippen LogP contribution in [0.5, 0.6) is 17.2 Å². The Hall–Kier alpha value is -3.43. The lowest BCUT2D eigenvalue weighted by Gasteiger charge is -2.32. The van der Waals surface area contributed by atoms with Crippen LogP contribution in [0.2, 0.25) is 0 Å². The van der Waals surface area contributed by atoms with Crippen molar-refractivity contribution < 1.29 is 32.8 Å². The van der Waals surface area contributed by atoms with Crippen molar-refractivity contribution in [2.75, 3.05) is 14.2 Å². The summed E-state index contributed by atoms with van der Waals surface area (Å²) in [5, 5.41) is 1.06. The van der Waals surface area contributed by atoms with Gasteiger partial charge in [0.1, 0.15) is 17.2 Å². The Morgan fingerprint density at radius 2 is 1.13 bits per heavy atom. The number of hydrogen-bond acceptors (Lipinski definition) is 7. The Morgan fingerprint density at radius 1 is 0.622 bits per heavy atom. The molecule has 3 aromatic carbocycles. The lowest BCUT2D eigenvalue weighted by Crippen LogP contribution is -2.41. The van der Waals surface area contributed by atoms with Gasteiger partial charge < -0.3 is 37.4 Å². The first-order valence-corrected chi connectivity index (χ1v) is 15.5. The van der Waals surface area contributed by atoms with E-state index in [0.29, 0.717) is 11.5 Å². The topological polar surface area (TPSA) is 69.5 Å². The molecule has 3 aliphatic heterocycles. The van der Waals surface area contributed by atoms with Crippen molar-refractivity contribution in [2.45, 2.75) is 84.0 Å². The third kappa shape index (κ3) is 4.76. The third-order valence-corrected chi connectivity index (χ3v) is 10.3. The van der Waals surface area contributed by atoms with Gasteiger partial charge in [0.05, 0.1) is 47.8 Å². The molecule has 0 amide bonds. The molecule has 8 nitrogen and oxygen atoms in total. The summed E-state index contributed by atoms with van der Waals surface area (Å²) in [5.41, 5.74) is 4.06. The van der Waals surface area contributed by atoms with E-state index in [0.717, 1.165) is 44.4 Å². The fourth-order valence-electron chi connectivity index (χ4n) is 6.18. The van der Waals surface area contributed by atoms with Gasteiger partial charge in [0.25, 0.3) is 0 Å². The van der Waals surface area contributed by atoms with Gasteiger partial charge in [-0.3, -0.25) is 0 Å². The normalized spacial score (nSPS) is 22.2. The molecule has 45 heavy (non-hydrogen) atoms. The fourth-order valence-corrected chi connectivity index (χ4v) is 6.18. The monoisotopic (exact) mass is 609 g/mol. The Morgan fingerprint density at radius 3 is 1.67 bits per heavy atom. The number of benzene rings is 3. The van der Waals surface area contributed by atoms with Gasteiger partial charge in [-0.15, -0.1) is 0 Å². The summed E-state index contributed by atoms with van der Waals surface area (Å²) in [6.07, 6.45) is -0.495. The molecule has 7 rings (SSSR count). The molecule has 0 saturated carbocycles. The highest BCUT2D eigenvalue weighted by Gasteiger charge is 2.53. The molecule has 1 unspecified atom stereocenters. The van der Waals surface area contributed by atoms with Crippen LogP contribution in [0.15, 0.2) is 60.7 Å². The van der Waals surface area contributed by atoms with Crippen molar-refractivity contribution >= 4 is 36.1 Å². The van der Waals surface area contributed by atoms with E-state index in [1.165, 1.54) is 0 Å². The number of methoxy groups -OCH3 is 2. The molecule has 2 fully saturated rings. The van der Waals surface area contributed by atoms with E-state index >= 15 is 0 Å². The molecule has 0 bridgehead atoms. The Balaban J connectivity index is 1.36. The molecule has 3 aliphatic rings. The van der Waals surface area contributed by atoms with Crippen LogP contribution in [-0.2, 0) is 18.6 Å². The molecule has 0 spiro atoms. The van der Waals surface area contributed by atoms with Crippen LogP contribution in [0.25, 0.3) is 22.2 Å². The molecule has 0 aliphatic carbocycles. The minimum atomic E-state index is -0.505. The molecule has 1 atom stereocenters. The standard InChI is InChI=1S/C35H41B2NO7/c1-32(2)33(3,4)43-36(42-32)23-12-14-28-21(15-23)18-29-27-13-11-24(37-44-34(5,6)35(7,8)45-37)19-30(27)41-31(38(28)29)22-16-25(39-9)20-26(17-22)40-10/h11-20,31H,1-10H3. The number of ether oxygens (including phenoxy) is 3. The molecule has 0 N–H and O–H groups in total. The first-order valence-electron chi connectivity index (χ1n) is 15.5. The van der Waals surface area contributed by atoms with Gasteiger partial charge in [0.15, 0.2) is 0 Å². The predicted octanol–water partition coefficient (Wildman–Crippen LogP) is 5.86. The molecule has 4 aromatic rings. The van der Waals surface area contributed by atoms with E-state index in [1.54, 1.807) is 14.2 Å². The van der Waals surface area contributed by atoms with E-state index in [-0.39, 0.29) is 0 Å². The van der Waals surface area contributed by atoms with E-state index in [9.17, 15) is 0 Å². The van der Waals surface area contributed by atoms with Crippen LogP contribution in [0.1, 0.15) is 67.2 Å². The van der Waals surface area contributed by atoms with Gasteiger partial charge in [-0.25, -0.2) is 0 Å². The Kier molecular flexibility index (Phi) is 6.74. The van der Waals surface area contributed by atoms with Crippen LogP contribution in [0.4, 0.5) is 0 Å². The molecule has 234 valence electrons. The second-order valence-corrected chi connectivity index (χ2v) is 14.3. The van der Waals surface area contributed by atoms with Gasteiger partial charge in [0, 0.05) is 22.6 Å². The fraction of sp³-hybridized carbons (Fsp3) is 0.429. The summed E-state index contributed by atoms with van der Waals surface area (Å²) in [6.45, 7) is 16.5. The maximum Gasteiger partial charge on any atom is 0.494 e. The average molecular weight is 609 g/mol. The maximum atomic E-state index is 6.89. The minimum Gasteiger partial charge on any atom is -0.497 e. The summed E-state index contributed by atoms with van der Waals surface area (Å²) < 4.78 is 45.9. The second-order valence-electron chi connectivity index (χ2n) is 14.3. The van der Waals surface area contributed by atoms with Gasteiger partial charge in [-0.05, 0) is 103 Å². The highest BCUT2D eigenvalue weighted by Crippen LogP contribution is 2.46. The molecular weight excluding hydrogens is 568 g/mol. The SMILES string of the molecule is COc1cc(OC)cc(C2Oc3cc(B4OC(C)(C)C(C)(C)O4)ccc3-c3cc4cc(B5OC(C)(C)C(C)(C)O5)ccc4n32)c1. The maximum absolute atomic E-state index is 6.89. The van der Waals surface area contributed by atoms with Crippen LogP contribution >= 0.6 is 0 Å². The number of fused-ring (bicyclic) bond motifs is 5. The first-order chi connectivity index (χ1) is 21.1. The summed E-state index contributed by atoms with van der Waals surface area (Å²) in [7, 11) is 2.34. The van der Waals surface area contributed by atoms with Crippen molar-refractivity contribution in [3.8, 4) is 28.5 Å². The predicted molar refractivity (Wildman–Crippen MR) is 177 cm³/mol. The molecule has 1 aromatic heterocycles. The lowest BCUT2D eigenvalue weighted by atomic mass is 9.78. The van der Waals surface area contributed by atoms with Crippen molar-refractivity contribution in [1.29, 1.82) is 0 Å². The van der Waals surface area contributed by atoms with E-state index in [1.807, 2.05) is 24.3 Å². The van der Waals surface area contributed by atoms with E-state index in [4.69, 9.17) is 32.8 Å². The van der Waals surface area contributed by atoms with E-state index in [2.05, 4.69) is 96.4 Å². The number of rotatable bonds is 5.